The maximum absolute atomic E-state index is 11.6. The van der Waals surface area contributed by atoms with Gasteiger partial charge in [-0.1, -0.05) is 12.1 Å². The van der Waals surface area contributed by atoms with Crippen LogP contribution in [0.1, 0.15) is 24.8 Å². The summed E-state index contributed by atoms with van der Waals surface area (Å²) in [4.78, 5) is 16.3. The first-order valence-electron chi connectivity index (χ1n) is 11.4. The number of benzene rings is 3. The van der Waals surface area contributed by atoms with Crippen LogP contribution in [-0.2, 0) is 0 Å². The van der Waals surface area contributed by atoms with Gasteiger partial charge in [0.05, 0.1) is 23.4 Å². The smallest absolute Gasteiger partial charge is 0.336 e. The average Bonchev–Trinajstić information content (AvgIpc) is 3.28. The van der Waals surface area contributed by atoms with Crippen LogP contribution in [0.15, 0.2) is 82.0 Å². The van der Waals surface area contributed by atoms with E-state index in [9.17, 15) is 4.79 Å². The van der Waals surface area contributed by atoms with Crippen LogP contribution in [0.2, 0.25) is 0 Å². The second kappa shape index (κ2) is 10.1. The predicted molar refractivity (Wildman–Crippen MR) is 137 cm³/mol. The molecule has 0 spiro atoms. The van der Waals surface area contributed by atoms with Gasteiger partial charge in [-0.15, -0.1) is 11.3 Å². The second-order valence-electron chi connectivity index (χ2n) is 8.18. The largest absolute Gasteiger partial charge is 0.494 e. The zero-order valence-corrected chi connectivity index (χ0v) is 19.8. The number of hydrogen-bond acceptors (Lipinski definition) is 6. The molecule has 0 amide bonds. The lowest BCUT2D eigenvalue weighted by Gasteiger charge is -2.09. The summed E-state index contributed by atoms with van der Waals surface area (Å²) in [5.41, 5.74) is 3.27. The summed E-state index contributed by atoms with van der Waals surface area (Å²) in [7, 11) is 0. The highest BCUT2D eigenvalue weighted by atomic mass is 32.1. The molecular formula is C28H25NO4S. The third-order valence-corrected chi connectivity index (χ3v) is 6.73. The SMILES string of the molecule is Cc1cc(=O)oc2cc(OCCCCCOc3ccc(-c4nc5ccccc5s4)cc3)ccc12. The van der Waals surface area contributed by atoms with E-state index in [1.807, 2.05) is 49.4 Å². The van der Waals surface area contributed by atoms with Crippen LogP contribution in [0.5, 0.6) is 11.5 Å². The van der Waals surface area contributed by atoms with E-state index in [1.54, 1.807) is 17.4 Å². The molecule has 0 aliphatic heterocycles. The molecule has 3 aromatic carbocycles. The van der Waals surface area contributed by atoms with Crippen LogP contribution in [0.3, 0.4) is 0 Å². The fraction of sp³-hybridized carbons (Fsp3) is 0.214. The van der Waals surface area contributed by atoms with E-state index in [1.165, 1.54) is 10.8 Å². The maximum Gasteiger partial charge on any atom is 0.336 e. The van der Waals surface area contributed by atoms with E-state index in [0.717, 1.165) is 52.0 Å². The van der Waals surface area contributed by atoms with Gasteiger partial charge in [-0.3, -0.25) is 0 Å². The molecule has 5 aromatic rings. The molecule has 0 aliphatic rings. The van der Waals surface area contributed by atoms with Gasteiger partial charge in [-0.25, -0.2) is 9.78 Å². The van der Waals surface area contributed by atoms with Crippen LogP contribution in [0.4, 0.5) is 0 Å². The Morgan fingerprint density at radius 1 is 0.853 bits per heavy atom. The third kappa shape index (κ3) is 5.13. The zero-order valence-electron chi connectivity index (χ0n) is 19.0. The molecule has 34 heavy (non-hydrogen) atoms. The van der Waals surface area contributed by atoms with E-state index in [-0.39, 0.29) is 5.63 Å². The van der Waals surface area contributed by atoms with Crippen LogP contribution < -0.4 is 15.1 Å². The van der Waals surface area contributed by atoms with Crippen molar-refractivity contribution in [1.82, 2.24) is 4.98 Å². The molecule has 5 rings (SSSR count). The Morgan fingerprint density at radius 2 is 1.59 bits per heavy atom. The highest BCUT2D eigenvalue weighted by molar-refractivity contribution is 7.21. The van der Waals surface area contributed by atoms with Crippen molar-refractivity contribution >= 4 is 32.5 Å². The van der Waals surface area contributed by atoms with Crippen molar-refractivity contribution in [1.29, 1.82) is 0 Å². The topological polar surface area (TPSA) is 61.6 Å². The third-order valence-electron chi connectivity index (χ3n) is 5.64. The lowest BCUT2D eigenvalue weighted by molar-refractivity contribution is 0.279. The van der Waals surface area contributed by atoms with Crippen molar-refractivity contribution in [3.8, 4) is 22.1 Å². The number of fused-ring (bicyclic) bond motifs is 2. The van der Waals surface area contributed by atoms with Gasteiger partial charge in [-0.2, -0.15) is 0 Å². The van der Waals surface area contributed by atoms with Gasteiger partial charge < -0.3 is 13.9 Å². The summed E-state index contributed by atoms with van der Waals surface area (Å²) < 4.78 is 18.2. The van der Waals surface area contributed by atoms with Crippen LogP contribution in [0.25, 0.3) is 31.8 Å². The Balaban J connectivity index is 1.04. The summed E-state index contributed by atoms with van der Waals surface area (Å²) >= 11 is 1.70. The Morgan fingerprint density at radius 3 is 2.38 bits per heavy atom. The van der Waals surface area contributed by atoms with Crippen LogP contribution >= 0.6 is 11.3 Å². The molecule has 172 valence electrons. The lowest BCUT2D eigenvalue weighted by atomic mass is 10.1. The summed E-state index contributed by atoms with van der Waals surface area (Å²) in [6.45, 7) is 3.18. The molecule has 0 unspecified atom stereocenters. The van der Waals surface area contributed by atoms with Crippen LogP contribution in [-0.4, -0.2) is 18.2 Å². The van der Waals surface area contributed by atoms with E-state index < -0.39 is 0 Å². The fourth-order valence-electron chi connectivity index (χ4n) is 3.85. The molecular weight excluding hydrogens is 446 g/mol. The van der Waals surface area contributed by atoms with E-state index in [2.05, 4.69) is 18.2 Å². The normalized spacial score (nSPS) is 11.2. The molecule has 0 N–H and O–H groups in total. The Kier molecular flexibility index (Phi) is 6.58. The summed E-state index contributed by atoms with van der Waals surface area (Å²) in [6, 6.07) is 23.5. The molecule has 2 heterocycles. The van der Waals surface area contributed by atoms with Crippen molar-refractivity contribution in [3.05, 3.63) is 88.8 Å². The quantitative estimate of drug-likeness (QED) is 0.171. The summed E-state index contributed by atoms with van der Waals surface area (Å²) in [6.07, 6.45) is 2.88. The minimum atomic E-state index is -0.339. The van der Waals surface area contributed by atoms with Crippen molar-refractivity contribution in [3.63, 3.8) is 0 Å². The number of hydrogen-bond donors (Lipinski definition) is 0. The predicted octanol–water partition coefficient (Wildman–Crippen LogP) is 7.01. The second-order valence-corrected chi connectivity index (χ2v) is 9.21. The van der Waals surface area contributed by atoms with Gasteiger partial charge in [0.1, 0.15) is 22.1 Å². The molecule has 0 bridgehead atoms. The van der Waals surface area contributed by atoms with Crippen molar-refractivity contribution < 1.29 is 13.9 Å². The number of unbranched alkanes of at least 4 members (excludes halogenated alkanes) is 2. The van der Waals surface area contributed by atoms with Gasteiger partial charge in [0.2, 0.25) is 0 Å². The first-order valence-corrected chi connectivity index (χ1v) is 12.2. The van der Waals surface area contributed by atoms with Gasteiger partial charge in [-0.05, 0) is 80.3 Å². The minimum Gasteiger partial charge on any atom is -0.494 e. The number of thiazole rings is 1. The molecule has 0 radical (unpaired) electrons. The number of aromatic nitrogens is 1. The molecule has 0 aliphatic carbocycles. The van der Waals surface area contributed by atoms with Crippen LogP contribution in [0, 0.1) is 6.92 Å². The Labute approximate surface area is 201 Å². The summed E-state index contributed by atoms with van der Waals surface area (Å²) in [5.74, 6) is 1.58. The monoisotopic (exact) mass is 471 g/mol. The van der Waals surface area contributed by atoms with Gasteiger partial charge >= 0.3 is 5.63 Å². The highest BCUT2D eigenvalue weighted by Crippen LogP contribution is 2.31. The standard InChI is InChI=1S/C28H25NO4S/c1-19-17-27(30)33-25-18-22(13-14-23(19)25)32-16-6-2-5-15-31-21-11-9-20(10-12-21)28-29-24-7-3-4-8-26(24)34-28/h3-4,7-14,17-18H,2,5-6,15-16H2,1H3. The first kappa shape index (κ1) is 22.2. The minimum absolute atomic E-state index is 0.339. The molecule has 2 aromatic heterocycles. The van der Waals surface area contributed by atoms with E-state index in [0.29, 0.717) is 24.5 Å². The number of para-hydroxylation sites is 1. The maximum atomic E-state index is 11.6. The molecule has 6 heteroatoms. The molecule has 0 fully saturated rings. The Bertz CT molecular complexity index is 1440. The number of ether oxygens (including phenoxy) is 2. The lowest BCUT2D eigenvalue weighted by Crippen LogP contribution is -2.01. The average molecular weight is 472 g/mol. The molecule has 0 saturated carbocycles. The number of rotatable bonds is 9. The van der Waals surface area contributed by atoms with Crippen molar-refractivity contribution in [2.45, 2.75) is 26.2 Å². The van der Waals surface area contributed by atoms with Crippen molar-refractivity contribution in [2.75, 3.05) is 13.2 Å². The van der Waals surface area contributed by atoms with E-state index >= 15 is 0 Å². The summed E-state index contributed by atoms with van der Waals surface area (Å²) in [5, 5.41) is 1.95. The van der Waals surface area contributed by atoms with Gasteiger partial charge in [0.15, 0.2) is 0 Å². The van der Waals surface area contributed by atoms with Gasteiger partial charge in [0, 0.05) is 23.1 Å². The zero-order chi connectivity index (χ0) is 23.3. The molecule has 5 nitrogen and oxygen atoms in total. The highest BCUT2D eigenvalue weighted by Gasteiger charge is 2.06. The Hall–Kier alpha value is -3.64. The molecule has 0 saturated heterocycles. The van der Waals surface area contributed by atoms with E-state index in [4.69, 9.17) is 18.9 Å². The first-order chi connectivity index (χ1) is 16.7. The number of nitrogens with zero attached hydrogens (tertiary/aromatic N) is 1. The fourth-order valence-corrected chi connectivity index (χ4v) is 4.82. The molecule has 0 atom stereocenters. The van der Waals surface area contributed by atoms with Gasteiger partial charge in [0.25, 0.3) is 0 Å². The number of aryl methyl sites for hydroxylation is 1. The van der Waals surface area contributed by atoms with Crippen molar-refractivity contribution in [2.24, 2.45) is 0 Å².